The largest absolute Gasteiger partial charge is 0.508 e. The number of nitrogens with zero attached hydrogens (tertiary/aromatic N) is 1. The molecule has 1 aromatic heterocycles. The Hall–Kier alpha value is -2.76. The van der Waals surface area contributed by atoms with Gasteiger partial charge in [0.25, 0.3) is 0 Å². The van der Waals surface area contributed by atoms with Crippen LogP contribution in [0.3, 0.4) is 0 Å². The van der Waals surface area contributed by atoms with Crippen LogP contribution in [0.4, 0.5) is 0 Å². The molecule has 6 nitrogen and oxygen atoms in total. The van der Waals surface area contributed by atoms with Crippen LogP contribution in [0.25, 0.3) is 10.9 Å². The summed E-state index contributed by atoms with van der Waals surface area (Å²) in [6.45, 7) is 8.69. The first-order valence-electron chi connectivity index (χ1n) is 9.40. The standard InChI is InChI=1S/C21H25N3O3/c1-4-21(2,3)18-14(13-8-7-12(25)10-15(13)22-18)11-16-20(27)24-9-5-6-17(24)19(26)23-16/h4,7-8,10,16-17,22,25H,1,5-6,9,11H2,2-3H3,(H,23,26)/t16-,17-/m0/s1/i19+1,20+1,24+1. The van der Waals surface area contributed by atoms with Gasteiger partial charge >= 0.3 is 0 Å². The second-order valence-corrected chi connectivity index (χ2v) is 8.09. The number of phenolic OH excluding ortho intramolecular Hbond substituents is 1. The number of aromatic amines is 1. The van der Waals surface area contributed by atoms with Crippen LogP contribution in [0.2, 0.25) is 0 Å². The zero-order chi connectivity index (χ0) is 19.3. The molecular weight excluding hydrogens is 345 g/mol. The summed E-state index contributed by atoms with van der Waals surface area (Å²) >= 11 is 0. The SMILES string of the molecule is C=CC(C)(C)c1[nH]c2cc(O)ccc2c1C[C@@H]1N[13C](=O)[C@@H]2CCC[15N]2[13C]1=O. The van der Waals surface area contributed by atoms with Gasteiger partial charge in [0.15, 0.2) is 0 Å². The number of hydrogen-bond donors (Lipinski definition) is 3. The first-order valence-corrected chi connectivity index (χ1v) is 9.40. The lowest BCUT2D eigenvalue weighted by molar-refractivity contribution is -0.146. The summed E-state index contributed by atoms with van der Waals surface area (Å²) in [7, 11) is 0. The van der Waals surface area contributed by atoms with Crippen LogP contribution in [0.1, 0.15) is 37.9 Å². The Kier molecular flexibility index (Phi) is 4.02. The lowest BCUT2D eigenvalue weighted by atomic mass is 9.85. The maximum absolute atomic E-state index is 12.9. The van der Waals surface area contributed by atoms with Crippen molar-refractivity contribution < 1.29 is 14.7 Å². The van der Waals surface area contributed by atoms with E-state index in [1.54, 1.807) is 17.0 Å². The number of aromatic nitrogens is 1. The molecule has 1 aromatic carbocycles. The van der Waals surface area contributed by atoms with Gasteiger partial charge in [-0.2, -0.15) is 0 Å². The number of piperazine rings is 1. The number of amides is 2. The molecule has 2 saturated heterocycles. The fraction of sp³-hybridized carbons (Fsp3) is 0.429. The Morgan fingerprint density at radius 1 is 1.37 bits per heavy atom. The van der Waals surface area contributed by atoms with Crippen molar-refractivity contribution in [2.75, 3.05) is 6.54 Å². The number of benzene rings is 1. The molecular formula is C21H25N3O3. The number of allylic oxidation sites excluding steroid dienone is 1. The van der Waals surface area contributed by atoms with E-state index in [9.17, 15) is 14.7 Å². The summed E-state index contributed by atoms with van der Waals surface area (Å²) in [6, 6.07) is 4.30. The van der Waals surface area contributed by atoms with E-state index in [-0.39, 0.29) is 29.0 Å². The molecule has 0 saturated carbocycles. The maximum atomic E-state index is 12.9. The van der Waals surface area contributed by atoms with Gasteiger partial charge in [-0.05, 0) is 30.5 Å². The Bertz CT molecular complexity index is 944. The van der Waals surface area contributed by atoms with Crippen LogP contribution in [0.15, 0.2) is 30.9 Å². The van der Waals surface area contributed by atoms with E-state index in [1.807, 2.05) is 26.0 Å². The van der Waals surface area contributed by atoms with Crippen molar-refractivity contribution in [3.8, 4) is 5.75 Å². The van der Waals surface area contributed by atoms with Crippen LogP contribution in [0.5, 0.6) is 5.75 Å². The summed E-state index contributed by atoms with van der Waals surface area (Å²) in [5, 5.41) is 13.7. The summed E-state index contributed by atoms with van der Waals surface area (Å²) in [6.07, 6.45) is 3.88. The van der Waals surface area contributed by atoms with Crippen molar-refractivity contribution in [3.63, 3.8) is 0 Å². The molecule has 0 aliphatic carbocycles. The van der Waals surface area contributed by atoms with Gasteiger partial charge in [0.2, 0.25) is 11.8 Å². The number of aromatic hydroxyl groups is 1. The lowest BCUT2D eigenvalue weighted by Crippen LogP contribution is -2.61. The summed E-state index contributed by atoms with van der Waals surface area (Å²) in [4.78, 5) is 30.5. The van der Waals surface area contributed by atoms with E-state index >= 15 is 0 Å². The number of carbonyl (C=O) groups is 2. The highest BCUT2D eigenvalue weighted by molar-refractivity contribution is 5.98. The summed E-state index contributed by atoms with van der Waals surface area (Å²) in [5.41, 5.74) is 2.39. The first kappa shape index (κ1) is 17.6. The Balaban J connectivity index is 1.76. The number of nitrogens with one attached hydrogen (secondary N) is 2. The number of H-pyrrole nitrogens is 1. The van der Waals surface area contributed by atoms with Gasteiger partial charge in [0.1, 0.15) is 17.8 Å². The predicted molar refractivity (Wildman–Crippen MR) is 104 cm³/mol. The van der Waals surface area contributed by atoms with Crippen LogP contribution < -0.4 is 5.32 Å². The van der Waals surface area contributed by atoms with E-state index in [0.29, 0.717) is 13.0 Å². The van der Waals surface area contributed by atoms with Crippen molar-refractivity contribution in [3.05, 3.63) is 42.1 Å². The third kappa shape index (κ3) is 2.80. The molecule has 3 N–H and O–H groups in total. The van der Waals surface area contributed by atoms with E-state index in [0.717, 1.165) is 35.0 Å². The minimum atomic E-state index is -0.570. The van der Waals surface area contributed by atoms with Gasteiger partial charge in [-0.3, -0.25) is 9.59 Å². The molecule has 0 unspecified atom stereocenters. The molecule has 4 rings (SSSR count). The van der Waals surface area contributed by atoms with Crippen molar-refractivity contribution in [2.45, 2.75) is 50.6 Å². The van der Waals surface area contributed by atoms with Gasteiger partial charge in [-0.25, -0.2) is 0 Å². The molecule has 27 heavy (non-hydrogen) atoms. The number of phenols is 1. The van der Waals surface area contributed by atoms with Crippen molar-refractivity contribution >= 4 is 22.7 Å². The number of fused-ring (bicyclic) bond motifs is 2. The monoisotopic (exact) mass is 370 g/mol. The van der Waals surface area contributed by atoms with E-state index < -0.39 is 6.04 Å². The summed E-state index contributed by atoms with van der Waals surface area (Å²) in [5.74, 6) is 0.118. The number of rotatable bonds is 4. The minimum Gasteiger partial charge on any atom is -0.508 e. The van der Waals surface area contributed by atoms with Gasteiger partial charge in [-0.1, -0.05) is 19.9 Å². The van der Waals surface area contributed by atoms with Gasteiger partial charge < -0.3 is 20.3 Å². The zero-order valence-corrected chi connectivity index (χ0v) is 15.7. The van der Waals surface area contributed by atoms with Crippen LogP contribution in [0, 0.1) is 0 Å². The molecule has 2 aliphatic heterocycles. The smallest absolute Gasteiger partial charge is 0.246 e. The first-order chi connectivity index (χ1) is 12.8. The summed E-state index contributed by atoms with van der Waals surface area (Å²) < 4.78 is 0. The third-order valence-corrected chi connectivity index (χ3v) is 5.91. The Morgan fingerprint density at radius 3 is 2.89 bits per heavy atom. The zero-order valence-electron chi connectivity index (χ0n) is 15.7. The van der Waals surface area contributed by atoms with E-state index in [1.165, 1.54) is 0 Å². The Labute approximate surface area is 158 Å². The van der Waals surface area contributed by atoms with Crippen LogP contribution in [-0.4, -0.2) is 45.4 Å². The quantitative estimate of drug-likeness (QED) is 0.439. The average Bonchev–Trinajstić information content (AvgIpc) is 3.25. The van der Waals surface area contributed by atoms with Crippen molar-refractivity contribution in [2.24, 2.45) is 0 Å². The molecule has 0 radical (unpaired) electrons. The molecule has 3 heterocycles. The topological polar surface area (TPSA) is 85.4 Å². The highest BCUT2D eigenvalue weighted by Crippen LogP contribution is 2.35. The van der Waals surface area contributed by atoms with Crippen LogP contribution >= 0.6 is 0 Å². The van der Waals surface area contributed by atoms with Crippen LogP contribution in [-0.2, 0) is 21.4 Å². The molecule has 2 amide bonds. The second-order valence-electron chi connectivity index (χ2n) is 8.09. The highest BCUT2D eigenvalue weighted by atomic mass is 16.3. The predicted octanol–water partition coefficient (Wildman–Crippen LogP) is 2.37. The number of carbonyl (C=O) groups excluding carboxylic acids is 2. The molecule has 0 spiro atoms. The van der Waals surface area contributed by atoms with E-state index in [2.05, 4.69) is 16.9 Å². The second kappa shape index (κ2) is 6.15. The molecule has 0 bridgehead atoms. The number of hydrogen-bond acceptors (Lipinski definition) is 3. The molecule has 142 valence electrons. The molecule has 6 heteroatoms. The average molecular weight is 370 g/mol. The fourth-order valence-electron chi connectivity index (χ4n) is 4.28. The van der Waals surface area contributed by atoms with Crippen molar-refractivity contribution in [1.29, 1.82) is 0 Å². The fourth-order valence-corrected chi connectivity index (χ4v) is 4.28. The Morgan fingerprint density at radius 2 is 2.15 bits per heavy atom. The molecule has 2 atom stereocenters. The molecule has 2 aliphatic rings. The molecule has 2 aromatic rings. The third-order valence-electron chi connectivity index (χ3n) is 5.91. The highest BCUT2D eigenvalue weighted by Gasteiger charge is 2.43. The van der Waals surface area contributed by atoms with E-state index in [4.69, 9.17) is 0 Å². The minimum absolute atomic E-state index is 0.00686. The van der Waals surface area contributed by atoms with Gasteiger partial charge in [0, 0.05) is 41.0 Å². The molecule has 2 fully saturated rings. The van der Waals surface area contributed by atoms with Crippen molar-refractivity contribution in [1.82, 2.24) is 15.2 Å². The normalized spacial score (nSPS) is 22.8. The van der Waals surface area contributed by atoms with Gasteiger partial charge in [-0.15, -0.1) is 6.58 Å². The maximum Gasteiger partial charge on any atom is 0.246 e. The lowest BCUT2D eigenvalue weighted by Gasteiger charge is -2.35. The van der Waals surface area contributed by atoms with Gasteiger partial charge in [0.05, 0.1) is 0 Å².